The van der Waals surface area contributed by atoms with E-state index < -0.39 is 41.7 Å². The summed E-state index contributed by atoms with van der Waals surface area (Å²) >= 11 is 6.50. The van der Waals surface area contributed by atoms with Crippen molar-refractivity contribution in [3.05, 3.63) is 53.1 Å². The van der Waals surface area contributed by atoms with Crippen LogP contribution in [0, 0.1) is 5.82 Å². The fourth-order valence-electron chi connectivity index (χ4n) is 6.77. The molecule has 1 aromatic carbocycles. The number of nitrogens with one attached hydrogen (secondary N) is 1. The molecule has 242 valence electrons. The average molecular weight is 665 g/mol. The number of anilines is 1. The zero-order valence-electron chi connectivity index (χ0n) is 27.0. The van der Waals surface area contributed by atoms with Gasteiger partial charge in [-0.1, -0.05) is 85.2 Å². The maximum atomic E-state index is 14.5. The number of hydrogen-bond donors (Lipinski definition) is 2. The number of pyridine rings is 1. The minimum atomic E-state index is -2.96. The van der Waals surface area contributed by atoms with Crippen LogP contribution in [-0.4, -0.2) is 61.9 Å². The lowest BCUT2D eigenvalue weighted by Gasteiger charge is -2.51. The van der Waals surface area contributed by atoms with Crippen molar-refractivity contribution in [3.63, 3.8) is 0 Å². The SMILES string of the molecule is CC(C)[Si]1(C(C)C)OC[C@H]2O[C@@H](n3ncc4c(N[C@@H](C)c5ccccc5F)cc(Cl)nc43)[C@H](O)C2O[Si](C(C)C)(C(C)C)O1. The van der Waals surface area contributed by atoms with Gasteiger partial charge in [0.2, 0.25) is 0 Å². The Bertz CT molecular complexity index is 1460. The molecule has 2 aromatic heterocycles. The highest BCUT2D eigenvalue weighted by Gasteiger charge is 2.61. The molecule has 9 nitrogen and oxygen atoms in total. The molecule has 13 heteroatoms. The molecule has 2 saturated heterocycles. The van der Waals surface area contributed by atoms with Gasteiger partial charge in [0, 0.05) is 5.56 Å². The van der Waals surface area contributed by atoms with E-state index in [2.05, 4.69) is 70.8 Å². The normalized spacial score (nSPS) is 25.9. The first-order valence-corrected chi connectivity index (χ1v) is 19.9. The van der Waals surface area contributed by atoms with E-state index in [9.17, 15) is 9.50 Å². The third-order valence-corrected chi connectivity index (χ3v) is 19.6. The molecule has 1 unspecified atom stereocenters. The van der Waals surface area contributed by atoms with E-state index in [-0.39, 0.29) is 45.8 Å². The van der Waals surface area contributed by atoms with E-state index in [1.54, 1.807) is 35.1 Å². The number of fused-ring (bicyclic) bond motifs is 2. The van der Waals surface area contributed by atoms with Crippen LogP contribution in [0.4, 0.5) is 10.1 Å². The predicted octanol–water partition coefficient (Wildman–Crippen LogP) is 7.61. The van der Waals surface area contributed by atoms with Gasteiger partial charge >= 0.3 is 17.1 Å². The summed E-state index contributed by atoms with van der Waals surface area (Å²) in [5.41, 5.74) is 2.19. The van der Waals surface area contributed by atoms with Crippen molar-refractivity contribution in [3.8, 4) is 0 Å². The molecular weight excluding hydrogens is 619 g/mol. The summed E-state index contributed by atoms with van der Waals surface area (Å²) in [5, 5.41) is 20.7. The van der Waals surface area contributed by atoms with Crippen LogP contribution in [0.5, 0.6) is 0 Å². The van der Waals surface area contributed by atoms with Crippen LogP contribution in [-0.2, 0) is 17.7 Å². The minimum Gasteiger partial charge on any atom is -0.414 e. The van der Waals surface area contributed by atoms with E-state index in [0.29, 0.717) is 22.3 Å². The van der Waals surface area contributed by atoms with Gasteiger partial charge in [-0.3, -0.25) is 0 Å². The fourth-order valence-corrected chi connectivity index (χ4v) is 18.2. The second-order valence-electron chi connectivity index (χ2n) is 13.3. The Kier molecular flexibility index (Phi) is 9.66. The summed E-state index contributed by atoms with van der Waals surface area (Å²) in [6.45, 7) is 19.4. The molecule has 0 radical (unpaired) electrons. The summed E-state index contributed by atoms with van der Waals surface area (Å²) in [7, 11) is -5.73. The number of aromatic nitrogens is 3. The lowest BCUT2D eigenvalue weighted by molar-refractivity contribution is -0.0613. The molecule has 5 rings (SSSR count). The highest BCUT2D eigenvalue weighted by atomic mass is 35.5. The van der Waals surface area contributed by atoms with Crippen LogP contribution in [0.1, 0.15) is 80.1 Å². The summed E-state index contributed by atoms with van der Waals surface area (Å²) in [5.74, 6) is -0.299. The van der Waals surface area contributed by atoms with Crippen molar-refractivity contribution in [2.24, 2.45) is 0 Å². The van der Waals surface area contributed by atoms with Crippen molar-refractivity contribution in [1.82, 2.24) is 14.8 Å². The third-order valence-electron chi connectivity index (χ3n) is 9.16. The molecule has 0 aliphatic carbocycles. The summed E-state index contributed by atoms with van der Waals surface area (Å²) < 4.78 is 43.8. The van der Waals surface area contributed by atoms with Gasteiger partial charge in [0.05, 0.1) is 29.9 Å². The lowest BCUT2D eigenvalue weighted by Crippen LogP contribution is -2.65. The Balaban J connectivity index is 1.52. The maximum Gasteiger partial charge on any atom is 0.335 e. The van der Waals surface area contributed by atoms with Crippen LogP contribution in [0.15, 0.2) is 36.5 Å². The summed E-state index contributed by atoms with van der Waals surface area (Å²) in [6, 6.07) is 7.97. The Morgan fingerprint density at radius 3 is 2.25 bits per heavy atom. The van der Waals surface area contributed by atoms with Gasteiger partial charge in [0.1, 0.15) is 29.3 Å². The van der Waals surface area contributed by atoms with Gasteiger partial charge in [-0.2, -0.15) is 5.10 Å². The van der Waals surface area contributed by atoms with Crippen LogP contribution in [0.3, 0.4) is 0 Å². The number of halogens is 2. The quantitative estimate of drug-likeness (QED) is 0.188. The monoisotopic (exact) mass is 664 g/mol. The van der Waals surface area contributed by atoms with E-state index >= 15 is 0 Å². The standard InChI is InChI=1S/C31H46ClFN4O5Si2/c1-17(2)43(18(3)4)39-16-26-29(41-44(42-43,19(5)6)20(7)8)28(38)31(40-26)37-30-23(15-34-37)25(14-27(32)36-30)35-21(9)22-12-10-11-13-24(22)33/h10-15,17-21,26,28-29,31,38H,16H2,1-9H3,(H,35,36)/t21-,26+,28+,29?,31+/m0/s1. The van der Waals surface area contributed by atoms with E-state index in [1.807, 2.05) is 6.92 Å². The Labute approximate surface area is 266 Å². The zero-order valence-corrected chi connectivity index (χ0v) is 29.8. The fraction of sp³-hybridized carbons (Fsp3) is 0.613. The molecule has 0 amide bonds. The molecule has 0 spiro atoms. The highest BCUT2D eigenvalue weighted by molar-refractivity contribution is 6.84. The molecule has 2 aliphatic heterocycles. The van der Waals surface area contributed by atoms with E-state index in [4.69, 9.17) is 29.3 Å². The van der Waals surface area contributed by atoms with Crippen molar-refractivity contribution in [1.29, 1.82) is 0 Å². The average Bonchev–Trinajstić information content (AvgIpc) is 3.48. The van der Waals surface area contributed by atoms with Crippen LogP contribution < -0.4 is 5.32 Å². The zero-order chi connectivity index (χ0) is 32.1. The third kappa shape index (κ3) is 5.77. The van der Waals surface area contributed by atoms with Gasteiger partial charge < -0.3 is 28.1 Å². The molecule has 0 saturated carbocycles. The smallest absolute Gasteiger partial charge is 0.335 e. The first-order chi connectivity index (χ1) is 20.7. The maximum absolute atomic E-state index is 14.5. The second-order valence-corrected chi connectivity index (χ2v) is 22.6. The number of nitrogens with zero attached hydrogens (tertiary/aromatic N) is 3. The van der Waals surface area contributed by atoms with Gasteiger partial charge in [-0.25, -0.2) is 14.1 Å². The molecule has 44 heavy (non-hydrogen) atoms. The molecule has 0 bridgehead atoms. The minimum absolute atomic E-state index is 0.108. The molecule has 2 N–H and O–H groups in total. The highest BCUT2D eigenvalue weighted by Crippen LogP contribution is 2.48. The predicted molar refractivity (Wildman–Crippen MR) is 175 cm³/mol. The number of benzene rings is 1. The van der Waals surface area contributed by atoms with Crippen molar-refractivity contribution in [2.75, 3.05) is 11.9 Å². The Morgan fingerprint density at radius 2 is 1.64 bits per heavy atom. The van der Waals surface area contributed by atoms with Crippen LogP contribution in [0.2, 0.25) is 27.3 Å². The number of hydrogen-bond acceptors (Lipinski definition) is 8. The topological polar surface area (TPSA) is 99.9 Å². The van der Waals surface area contributed by atoms with Crippen LogP contribution >= 0.6 is 11.6 Å². The summed E-state index contributed by atoms with van der Waals surface area (Å²) in [4.78, 5) is 4.56. The lowest BCUT2D eigenvalue weighted by atomic mass is 10.1. The van der Waals surface area contributed by atoms with E-state index in [1.165, 1.54) is 6.07 Å². The largest absolute Gasteiger partial charge is 0.414 e. The molecule has 5 atom stereocenters. The van der Waals surface area contributed by atoms with Gasteiger partial charge in [-0.15, -0.1) is 0 Å². The second kappa shape index (κ2) is 12.7. The first-order valence-electron chi connectivity index (χ1n) is 15.6. The summed E-state index contributed by atoms with van der Waals surface area (Å²) in [6.07, 6.45) is -1.53. The molecule has 3 aromatic rings. The Morgan fingerprint density at radius 1 is 1.00 bits per heavy atom. The number of rotatable bonds is 8. The number of ether oxygens (including phenoxy) is 1. The molecular formula is C31H46ClFN4O5Si2. The number of aliphatic hydroxyl groups excluding tert-OH is 1. The van der Waals surface area contributed by atoms with Gasteiger partial charge in [0.25, 0.3) is 0 Å². The molecule has 2 fully saturated rings. The van der Waals surface area contributed by atoms with Crippen molar-refractivity contribution >= 4 is 45.4 Å². The van der Waals surface area contributed by atoms with Gasteiger partial charge in [0.15, 0.2) is 11.9 Å². The molecule has 2 aliphatic rings. The number of aliphatic hydroxyl groups is 1. The van der Waals surface area contributed by atoms with Crippen LogP contribution in [0.25, 0.3) is 11.0 Å². The van der Waals surface area contributed by atoms with Gasteiger partial charge in [-0.05, 0) is 41.2 Å². The first kappa shape index (κ1) is 33.5. The molecule has 4 heterocycles. The van der Waals surface area contributed by atoms with Crippen molar-refractivity contribution in [2.45, 2.75) is 115 Å². The Hall–Kier alpha value is -1.91. The van der Waals surface area contributed by atoms with E-state index in [0.717, 1.165) is 0 Å². The van der Waals surface area contributed by atoms with Crippen molar-refractivity contribution < 1.29 is 27.2 Å².